The van der Waals surface area contributed by atoms with Gasteiger partial charge in [0.05, 0.1) is 0 Å². The summed E-state index contributed by atoms with van der Waals surface area (Å²) in [6.45, 7) is 2.44. The SMILES string of the molecule is Cc1ccc(F)cc1C(=O)N(C)C1CCCCC1CN. The fourth-order valence-electron chi connectivity index (χ4n) is 3.14. The molecule has 0 aliphatic heterocycles. The summed E-state index contributed by atoms with van der Waals surface area (Å²) in [4.78, 5) is 14.4. The standard InChI is InChI=1S/C16H23FN2O/c1-11-7-8-13(17)9-14(11)16(20)19(2)15-6-4-3-5-12(15)10-18/h7-9,12,15H,3-6,10,18H2,1-2H3. The van der Waals surface area contributed by atoms with Crippen molar-refractivity contribution in [3.05, 3.63) is 35.1 Å². The molecule has 4 heteroatoms. The maximum Gasteiger partial charge on any atom is 0.254 e. The molecule has 2 unspecified atom stereocenters. The van der Waals surface area contributed by atoms with Crippen LogP contribution < -0.4 is 5.73 Å². The minimum atomic E-state index is -0.369. The van der Waals surface area contributed by atoms with Crippen molar-refractivity contribution in [2.75, 3.05) is 13.6 Å². The van der Waals surface area contributed by atoms with Gasteiger partial charge in [-0.1, -0.05) is 18.9 Å². The van der Waals surface area contributed by atoms with Crippen LogP contribution in [0.2, 0.25) is 0 Å². The molecule has 1 aromatic rings. The number of halogens is 1. The maximum absolute atomic E-state index is 13.4. The Hall–Kier alpha value is -1.42. The number of nitrogens with two attached hydrogens (primary N) is 1. The Labute approximate surface area is 120 Å². The lowest BCUT2D eigenvalue weighted by atomic mass is 9.83. The summed E-state index contributed by atoms with van der Waals surface area (Å²) in [5, 5.41) is 0. The van der Waals surface area contributed by atoms with Gasteiger partial charge < -0.3 is 10.6 Å². The van der Waals surface area contributed by atoms with E-state index < -0.39 is 0 Å². The highest BCUT2D eigenvalue weighted by molar-refractivity contribution is 5.95. The zero-order valence-corrected chi connectivity index (χ0v) is 12.2. The lowest BCUT2D eigenvalue weighted by Crippen LogP contribution is -2.46. The second kappa shape index (κ2) is 6.35. The Kier molecular flexibility index (Phi) is 4.76. The molecule has 1 amide bonds. The van der Waals surface area contributed by atoms with Crippen LogP contribution in [0, 0.1) is 18.7 Å². The first kappa shape index (κ1) is 15.0. The van der Waals surface area contributed by atoms with Crippen LogP contribution in [0.15, 0.2) is 18.2 Å². The highest BCUT2D eigenvalue weighted by Gasteiger charge is 2.30. The third-order valence-electron chi connectivity index (χ3n) is 4.42. The molecule has 20 heavy (non-hydrogen) atoms. The molecule has 1 aliphatic carbocycles. The van der Waals surface area contributed by atoms with E-state index in [-0.39, 0.29) is 17.8 Å². The number of hydrogen-bond acceptors (Lipinski definition) is 2. The number of hydrogen-bond donors (Lipinski definition) is 1. The minimum Gasteiger partial charge on any atom is -0.338 e. The fourth-order valence-corrected chi connectivity index (χ4v) is 3.14. The maximum atomic E-state index is 13.4. The second-order valence-electron chi connectivity index (χ2n) is 5.72. The van der Waals surface area contributed by atoms with E-state index in [0.717, 1.165) is 24.8 Å². The number of carbonyl (C=O) groups is 1. The molecule has 2 rings (SSSR count). The molecular formula is C16H23FN2O. The molecule has 0 saturated heterocycles. The lowest BCUT2D eigenvalue weighted by molar-refractivity contribution is 0.0619. The van der Waals surface area contributed by atoms with Crippen molar-refractivity contribution < 1.29 is 9.18 Å². The third kappa shape index (κ3) is 3.01. The first-order valence-corrected chi connectivity index (χ1v) is 7.28. The van der Waals surface area contributed by atoms with Crippen molar-refractivity contribution in [1.29, 1.82) is 0 Å². The number of amides is 1. The van der Waals surface area contributed by atoms with Gasteiger partial charge in [0.15, 0.2) is 0 Å². The van der Waals surface area contributed by atoms with Crippen molar-refractivity contribution in [3.63, 3.8) is 0 Å². The van der Waals surface area contributed by atoms with Crippen LogP contribution in [-0.2, 0) is 0 Å². The zero-order chi connectivity index (χ0) is 14.7. The van der Waals surface area contributed by atoms with Crippen molar-refractivity contribution in [2.45, 2.75) is 38.6 Å². The van der Waals surface area contributed by atoms with E-state index in [4.69, 9.17) is 5.73 Å². The minimum absolute atomic E-state index is 0.104. The molecule has 110 valence electrons. The van der Waals surface area contributed by atoms with E-state index in [2.05, 4.69) is 0 Å². The van der Waals surface area contributed by atoms with Crippen molar-refractivity contribution in [3.8, 4) is 0 Å². The quantitative estimate of drug-likeness (QED) is 0.924. The van der Waals surface area contributed by atoms with Gasteiger partial charge in [0.1, 0.15) is 5.82 Å². The van der Waals surface area contributed by atoms with Gasteiger partial charge in [0.2, 0.25) is 0 Å². The Morgan fingerprint density at radius 3 is 2.80 bits per heavy atom. The molecular weight excluding hydrogens is 255 g/mol. The van der Waals surface area contributed by atoms with Gasteiger partial charge in [-0.25, -0.2) is 4.39 Å². The summed E-state index contributed by atoms with van der Waals surface area (Å²) in [6.07, 6.45) is 4.36. The van der Waals surface area contributed by atoms with E-state index in [1.807, 2.05) is 14.0 Å². The number of rotatable bonds is 3. The summed E-state index contributed by atoms with van der Waals surface area (Å²) < 4.78 is 13.4. The topological polar surface area (TPSA) is 46.3 Å². The van der Waals surface area contributed by atoms with Crippen molar-refractivity contribution in [2.24, 2.45) is 11.7 Å². The van der Waals surface area contributed by atoms with E-state index in [1.54, 1.807) is 11.0 Å². The molecule has 0 aromatic heterocycles. The molecule has 3 nitrogen and oxygen atoms in total. The van der Waals surface area contributed by atoms with Gasteiger partial charge in [-0.05, 0) is 49.9 Å². The summed E-state index contributed by atoms with van der Waals surface area (Å²) >= 11 is 0. The van der Waals surface area contributed by atoms with Gasteiger partial charge >= 0.3 is 0 Å². The predicted molar refractivity (Wildman–Crippen MR) is 78.0 cm³/mol. The van der Waals surface area contributed by atoms with Gasteiger partial charge in [-0.15, -0.1) is 0 Å². The van der Waals surface area contributed by atoms with Crippen LogP contribution in [0.3, 0.4) is 0 Å². The monoisotopic (exact) mass is 278 g/mol. The lowest BCUT2D eigenvalue weighted by Gasteiger charge is -2.37. The van der Waals surface area contributed by atoms with Crippen LogP contribution in [0.4, 0.5) is 4.39 Å². The van der Waals surface area contributed by atoms with Gasteiger partial charge in [0.25, 0.3) is 5.91 Å². The molecule has 0 bridgehead atoms. The molecule has 0 spiro atoms. The number of carbonyl (C=O) groups excluding carboxylic acids is 1. The average molecular weight is 278 g/mol. The van der Waals surface area contributed by atoms with Crippen molar-refractivity contribution in [1.82, 2.24) is 4.90 Å². The molecule has 1 aromatic carbocycles. The van der Waals surface area contributed by atoms with Crippen LogP contribution in [0.5, 0.6) is 0 Å². The molecule has 1 saturated carbocycles. The summed E-state index contributed by atoms with van der Waals surface area (Å²) in [6, 6.07) is 4.53. The smallest absolute Gasteiger partial charge is 0.254 e. The number of aryl methyl sites for hydroxylation is 1. The van der Waals surface area contributed by atoms with Crippen molar-refractivity contribution >= 4 is 5.91 Å². The summed E-state index contributed by atoms with van der Waals surface area (Å²) in [5.41, 5.74) is 7.09. The third-order valence-corrected chi connectivity index (χ3v) is 4.42. The normalized spacial score (nSPS) is 22.6. The molecule has 1 fully saturated rings. The molecule has 2 atom stereocenters. The Balaban J connectivity index is 2.21. The highest BCUT2D eigenvalue weighted by Crippen LogP contribution is 2.28. The average Bonchev–Trinajstić information content (AvgIpc) is 2.48. The predicted octanol–water partition coefficient (Wildman–Crippen LogP) is 2.72. The molecule has 0 radical (unpaired) electrons. The first-order valence-electron chi connectivity index (χ1n) is 7.28. The first-order chi connectivity index (χ1) is 9.54. The van der Waals surface area contributed by atoms with Crippen LogP contribution in [0.1, 0.15) is 41.6 Å². The van der Waals surface area contributed by atoms with Crippen LogP contribution >= 0.6 is 0 Å². The summed E-state index contributed by atoms with van der Waals surface area (Å²) in [7, 11) is 1.81. The zero-order valence-electron chi connectivity index (χ0n) is 12.2. The Morgan fingerprint density at radius 1 is 1.40 bits per heavy atom. The fraction of sp³-hybridized carbons (Fsp3) is 0.562. The highest BCUT2D eigenvalue weighted by atomic mass is 19.1. The molecule has 2 N–H and O–H groups in total. The number of benzene rings is 1. The van der Waals surface area contributed by atoms with Gasteiger partial charge in [-0.2, -0.15) is 0 Å². The van der Waals surface area contributed by atoms with E-state index >= 15 is 0 Å². The molecule has 1 aliphatic rings. The molecule has 0 heterocycles. The largest absolute Gasteiger partial charge is 0.338 e. The Bertz CT molecular complexity index is 489. The van der Waals surface area contributed by atoms with Crippen LogP contribution in [0.25, 0.3) is 0 Å². The van der Waals surface area contributed by atoms with Crippen LogP contribution in [-0.4, -0.2) is 30.4 Å². The Morgan fingerprint density at radius 2 is 2.10 bits per heavy atom. The van der Waals surface area contributed by atoms with E-state index in [0.29, 0.717) is 18.0 Å². The van der Waals surface area contributed by atoms with E-state index in [9.17, 15) is 9.18 Å². The number of nitrogens with zero attached hydrogens (tertiary/aromatic N) is 1. The van der Waals surface area contributed by atoms with Gasteiger partial charge in [-0.3, -0.25) is 4.79 Å². The summed E-state index contributed by atoms with van der Waals surface area (Å²) in [5.74, 6) is -0.120. The van der Waals surface area contributed by atoms with Gasteiger partial charge in [0, 0.05) is 18.7 Å². The second-order valence-corrected chi connectivity index (χ2v) is 5.72. The van der Waals surface area contributed by atoms with E-state index in [1.165, 1.54) is 18.6 Å².